The van der Waals surface area contributed by atoms with Crippen molar-refractivity contribution in [3.05, 3.63) is 12.3 Å². The molecule has 0 spiro atoms. The van der Waals surface area contributed by atoms with E-state index in [1.54, 1.807) is 0 Å². The van der Waals surface area contributed by atoms with Crippen LogP contribution < -0.4 is 0 Å². The van der Waals surface area contributed by atoms with Gasteiger partial charge in [-0.2, -0.15) is 0 Å². The molecule has 0 aromatic rings. The highest BCUT2D eigenvalue weighted by atomic mass is 15.1. The van der Waals surface area contributed by atoms with Crippen LogP contribution in [-0.4, -0.2) is 18.0 Å². The van der Waals surface area contributed by atoms with Crippen LogP contribution in [0.15, 0.2) is 12.3 Å². The summed E-state index contributed by atoms with van der Waals surface area (Å²) >= 11 is 0. The lowest BCUT2D eigenvalue weighted by Crippen LogP contribution is -2.24. The highest BCUT2D eigenvalue weighted by molar-refractivity contribution is 5.01. The van der Waals surface area contributed by atoms with Crippen molar-refractivity contribution in [2.24, 2.45) is 11.8 Å². The topological polar surface area (TPSA) is 3.24 Å². The van der Waals surface area contributed by atoms with Gasteiger partial charge in [0, 0.05) is 18.8 Å². The van der Waals surface area contributed by atoms with Crippen LogP contribution in [0.2, 0.25) is 0 Å². The zero-order valence-corrected chi connectivity index (χ0v) is 8.64. The number of likely N-dealkylation sites (tertiary alicyclic amines) is 1. The third-order valence-electron chi connectivity index (χ3n) is 3.04. The van der Waals surface area contributed by atoms with Crippen LogP contribution in [0, 0.1) is 11.8 Å². The standard InChI is InChI=1S/C11H21N/c1-9(2)10(3)11(4)12-7-5-6-8-12/h9-10H,4-8H2,1-3H3. The molecular formula is C11H21N. The molecule has 1 rings (SSSR count). The minimum Gasteiger partial charge on any atom is -0.375 e. The Morgan fingerprint density at radius 3 is 2.08 bits per heavy atom. The fraction of sp³-hybridized carbons (Fsp3) is 0.818. The zero-order valence-electron chi connectivity index (χ0n) is 8.64. The highest BCUT2D eigenvalue weighted by Gasteiger charge is 2.19. The lowest BCUT2D eigenvalue weighted by Gasteiger charge is -2.27. The maximum absolute atomic E-state index is 4.18. The third kappa shape index (κ3) is 2.02. The van der Waals surface area contributed by atoms with E-state index in [2.05, 4.69) is 32.3 Å². The van der Waals surface area contributed by atoms with E-state index in [1.165, 1.54) is 31.6 Å². The van der Waals surface area contributed by atoms with Crippen molar-refractivity contribution >= 4 is 0 Å². The van der Waals surface area contributed by atoms with Gasteiger partial charge in [-0.25, -0.2) is 0 Å². The quantitative estimate of drug-likeness (QED) is 0.624. The summed E-state index contributed by atoms with van der Waals surface area (Å²) in [6.45, 7) is 13.5. The number of hydrogen-bond acceptors (Lipinski definition) is 1. The molecule has 12 heavy (non-hydrogen) atoms. The number of nitrogens with zero attached hydrogens (tertiary/aromatic N) is 1. The van der Waals surface area contributed by atoms with E-state index in [4.69, 9.17) is 0 Å². The molecule has 0 aromatic heterocycles. The maximum Gasteiger partial charge on any atom is 0.0175 e. The molecule has 0 aliphatic carbocycles. The number of hydrogen-bond donors (Lipinski definition) is 0. The molecule has 1 saturated heterocycles. The molecule has 1 fully saturated rings. The van der Waals surface area contributed by atoms with Crippen LogP contribution >= 0.6 is 0 Å². The molecule has 0 bridgehead atoms. The normalized spacial score (nSPS) is 20.2. The molecule has 1 heteroatoms. The van der Waals surface area contributed by atoms with Crippen LogP contribution in [0.25, 0.3) is 0 Å². The molecule has 1 nitrogen and oxygen atoms in total. The van der Waals surface area contributed by atoms with Gasteiger partial charge in [0.05, 0.1) is 0 Å². The monoisotopic (exact) mass is 167 g/mol. The van der Waals surface area contributed by atoms with Crippen LogP contribution in [0.1, 0.15) is 33.6 Å². The number of rotatable bonds is 3. The summed E-state index contributed by atoms with van der Waals surface area (Å²) in [7, 11) is 0. The first-order valence-electron chi connectivity index (χ1n) is 5.06. The van der Waals surface area contributed by atoms with Gasteiger partial charge in [0.15, 0.2) is 0 Å². The van der Waals surface area contributed by atoms with Crippen LogP contribution in [0.4, 0.5) is 0 Å². The molecule has 0 aromatic carbocycles. The first kappa shape index (κ1) is 9.63. The Hall–Kier alpha value is -0.460. The summed E-state index contributed by atoms with van der Waals surface area (Å²) in [5.41, 5.74) is 1.35. The fourth-order valence-corrected chi connectivity index (χ4v) is 1.68. The van der Waals surface area contributed by atoms with Crippen LogP contribution in [-0.2, 0) is 0 Å². The Morgan fingerprint density at radius 1 is 1.17 bits per heavy atom. The van der Waals surface area contributed by atoms with E-state index >= 15 is 0 Å². The Labute approximate surface area is 76.5 Å². The third-order valence-corrected chi connectivity index (χ3v) is 3.04. The van der Waals surface area contributed by atoms with Gasteiger partial charge < -0.3 is 4.90 Å². The Balaban J connectivity index is 2.45. The van der Waals surface area contributed by atoms with Crippen molar-refractivity contribution in [3.63, 3.8) is 0 Å². The van der Waals surface area contributed by atoms with Gasteiger partial charge in [0.1, 0.15) is 0 Å². The molecule has 1 atom stereocenters. The van der Waals surface area contributed by atoms with Crippen molar-refractivity contribution in [2.45, 2.75) is 33.6 Å². The molecule has 70 valence electrons. The van der Waals surface area contributed by atoms with E-state index in [9.17, 15) is 0 Å². The van der Waals surface area contributed by atoms with Gasteiger partial charge >= 0.3 is 0 Å². The molecule has 0 radical (unpaired) electrons. The highest BCUT2D eigenvalue weighted by Crippen LogP contribution is 2.24. The predicted octanol–water partition coefficient (Wildman–Crippen LogP) is 2.89. The largest absolute Gasteiger partial charge is 0.375 e. The average Bonchev–Trinajstić information content (AvgIpc) is 2.53. The minimum absolute atomic E-state index is 0.642. The molecule has 0 amide bonds. The van der Waals surface area contributed by atoms with Gasteiger partial charge in [-0.1, -0.05) is 27.4 Å². The second-order valence-electron chi connectivity index (χ2n) is 4.22. The fourth-order valence-electron chi connectivity index (χ4n) is 1.68. The molecule has 1 aliphatic rings. The van der Waals surface area contributed by atoms with Gasteiger partial charge in [0.2, 0.25) is 0 Å². The van der Waals surface area contributed by atoms with Crippen molar-refractivity contribution < 1.29 is 0 Å². The van der Waals surface area contributed by atoms with Crippen molar-refractivity contribution in [2.75, 3.05) is 13.1 Å². The van der Waals surface area contributed by atoms with E-state index in [-0.39, 0.29) is 0 Å². The predicted molar refractivity (Wildman–Crippen MR) is 53.9 cm³/mol. The lowest BCUT2D eigenvalue weighted by atomic mass is 9.94. The summed E-state index contributed by atoms with van der Waals surface area (Å²) < 4.78 is 0. The van der Waals surface area contributed by atoms with Crippen molar-refractivity contribution in [3.8, 4) is 0 Å². The van der Waals surface area contributed by atoms with E-state index < -0.39 is 0 Å². The second-order valence-corrected chi connectivity index (χ2v) is 4.22. The first-order chi connectivity index (χ1) is 5.63. The maximum atomic E-state index is 4.18. The summed E-state index contributed by atoms with van der Waals surface area (Å²) in [5, 5.41) is 0. The Kier molecular flexibility index (Phi) is 3.19. The van der Waals surface area contributed by atoms with Crippen LogP contribution in [0.3, 0.4) is 0 Å². The minimum atomic E-state index is 0.642. The van der Waals surface area contributed by atoms with Gasteiger partial charge in [-0.15, -0.1) is 0 Å². The van der Waals surface area contributed by atoms with Crippen molar-refractivity contribution in [1.82, 2.24) is 4.90 Å². The first-order valence-corrected chi connectivity index (χ1v) is 5.06. The summed E-state index contributed by atoms with van der Waals surface area (Å²) in [6, 6.07) is 0. The lowest BCUT2D eigenvalue weighted by molar-refractivity contribution is 0.330. The summed E-state index contributed by atoms with van der Waals surface area (Å²) in [5.74, 6) is 1.36. The molecule has 1 aliphatic heterocycles. The van der Waals surface area contributed by atoms with Gasteiger partial charge in [0.25, 0.3) is 0 Å². The average molecular weight is 167 g/mol. The van der Waals surface area contributed by atoms with Crippen molar-refractivity contribution in [1.29, 1.82) is 0 Å². The van der Waals surface area contributed by atoms with E-state index in [0.717, 1.165) is 5.92 Å². The van der Waals surface area contributed by atoms with Gasteiger partial charge in [-0.3, -0.25) is 0 Å². The second kappa shape index (κ2) is 3.97. The molecule has 1 unspecified atom stereocenters. The zero-order chi connectivity index (χ0) is 9.14. The SMILES string of the molecule is C=C(C(C)C(C)C)N1CCCC1. The molecule has 0 saturated carbocycles. The Morgan fingerprint density at radius 2 is 1.67 bits per heavy atom. The molecule has 0 N–H and O–H groups in total. The molecular weight excluding hydrogens is 146 g/mol. The van der Waals surface area contributed by atoms with E-state index in [0.29, 0.717) is 5.92 Å². The summed E-state index contributed by atoms with van der Waals surface area (Å²) in [6.07, 6.45) is 2.70. The molecule has 1 heterocycles. The number of allylic oxidation sites excluding steroid dienone is 1. The smallest absolute Gasteiger partial charge is 0.0175 e. The van der Waals surface area contributed by atoms with Gasteiger partial charge in [-0.05, 0) is 24.7 Å². The summed E-state index contributed by atoms with van der Waals surface area (Å²) in [4.78, 5) is 2.45. The van der Waals surface area contributed by atoms with E-state index in [1.807, 2.05) is 0 Å². The van der Waals surface area contributed by atoms with Crippen LogP contribution in [0.5, 0.6) is 0 Å². The Bertz CT molecular complexity index is 150.